The molecule has 0 unspecified atom stereocenters. The summed E-state index contributed by atoms with van der Waals surface area (Å²) in [5, 5.41) is 11.0. The molecule has 8 heteroatoms. The van der Waals surface area contributed by atoms with Gasteiger partial charge >= 0.3 is 0 Å². The summed E-state index contributed by atoms with van der Waals surface area (Å²) in [5.41, 5.74) is 1.40. The van der Waals surface area contributed by atoms with Crippen molar-refractivity contribution in [1.29, 1.82) is 0 Å². The van der Waals surface area contributed by atoms with Crippen molar-refractivity contribution in [3.8, 4) is 0 Å². The molecule has 1 aromatic heterocycles. The average molecular weight is 525 g/mol. The van der Waals surface area contributed by atoms with E-state index in [2.05, 4.69) is 67.8 Å². The minimum absolute atomic E-state index is 0. The Hall–Kier alpha value is -1.65. The van der Waals surface area contributed by atoms with Crippen LogP contribution in [0.3, 0.4) is 0 Å². The molecule has 7 nitrogen and oxygen atoms in total. The van der Waals surface area contributed by atoms with Crippen molar-refractivity contribution in [3.63, 3.8) is 0 Å². The van der Waals surface area contributed by atoms with E-state index in [1.165, 1.54) is 5.56 Å². The number of nitrogens with zero attached hydrogens (tertiary/aromatic N) is 5. The highest BCUT2D eigenvalue weighted by Crippen LogP contribution is 2.07. The van der Waals surface area contributed by atoms with Crippen LogP contribution in [0, 0.1) is 0 Å². The van der Waals surface area contributed by atoms with Gasteiger partial charge in [-0.2, -0.15) is 5.10 Å². The summed E-state index contributed by atoms with van der Waals surface area (Å²) >= 11 is 0. The van der Waals surface area contributed by atoms with Crippen molar-refractivity contribution in [1.82, 2.24) is 30.2 Å². The SMILES string of the molecule is CCNC(=NCCCn1cccn1)NCCN1CCN(Cc2ccccc2)CC1.I. The van der Waals surface area contributed by atoms with Crippen LogP contribution in [-0.2, 0) is 13.1 Å². The summed E-state index contributed by atoms with van der Waals surface area (Å²) in [4.78, 5) is 9.76. The van der Waals surface area contributed by atoms with E-state index in [0.29, 0.717) is 0 Å². The van der Waals surface area contributed by atoms with E-state index in [4.69, 9.17) is 0 Å². The lowest BCUT2D eigenvalue weighted by atomic mass is 10.2. The molecule has 1 fully saturated rings. The molecular weight excluding hydrogens is 489 g/mol. The van der Waals surface area contributed by atoms with Crippen LogP contribution in [0.1, 0.15) is 18.9 Å². The molecule has 2 N–H and O–H groups in total. The van der Waals surface area contributed by atoms with Crippen LogP contribution >= 0.6 is 24.0 Å². The molecule has 0 bridgehead atoms. The number of hydrogen-bond acceptors (Lipinski definition) is 4. The van der Waals surface area contributed by atoms with Gasteiger partial charge < -0.3 is 10.6 Å². The van der Waals surface area contributed by atoms with Crippen molar-refractivity contribution in [2.75, 3.05) is 52.4 Å². The standard InChI is InChI=1S/C22H35N7.HI/c1-2-23-22(24-10-6-13-29-14-7-11-26-29)25-12-15-27-16-18-28(19-17-27)20-21-8-4-3-5-9-21;/h3-5,7-9,11,14H,2,6,10,12-13,15-20H2,1H3,(H2,23,24,25);1H. The van der Waals surface area contributed by atoms with Gasteiger partial charge in [0.25, 0.3) is 0 Å². The van der Waals surface area contributed by atoms with Crippen LogP contribution in [-0.4, -0.2) is 77.9 Å². The van der Waals surface area contributed by atoms with Crippen molar-refractivity contribution in [2.45, 2.75) is 26.4 Å². The summed E-state index contributed by atoms with van der Waals surface area (Å²) in [6, 6.07) is 12.7. The van der Waals surface area contributed by atoms with E-state index < -0.39 is 0 Å². The molecule has 2 heterocycles. The molecule has 0 amide bonds. The van der Waals surface area contributed by atoms with Crippen molar-refractivity contribution < 1.29 is 0 Å². The zero-order valence-corrected chi connectivity index (χ0v) is 20.4. The van der Waals surface area contributed by atoms with Gasteiger partial charge in [-0.3, -0.25) is 19.5 Å². The van der Waals surface area contributed by atoms with Gasteiger partial charge in [0.2, 0.25) is 0 Å². The van der Waals surface area contributed by atoms with Gasteiger partial charge in [0.15, 0.2) is 5.96 Å². The van der Waals surface area contributed by atoms with Crippen LogP contribution in [0.15, 0.2) is 53.8 Å². The van der Waals surface area contributed by atoms with E-state index in [9.17, 15) is 0 Å². The molecule has 3 rings (SSSR count). The van der Waals surface area contributed by atoms with E-state index in [0.717, 1.165) is 77.8 Å². The molecule has 1 aliphatic rings. The Kier molecular flexibility index (Phi) is 11.8. The number of benzene rings is 1. The first-order chi connectivity index (χ1) is 14.3. The number of nitrogens with one attached hydrogen (secondary N) is 2. The number of hydrogen-bond donors (Lipinski definition) is 2. The zero-order chi connectivity index (χ0) is 20.2. The van der Waals surface area contributed by atoms with Gasteiger partial charge in [-0.25, -0.2) is 0 Å². The largest absolute Gasteiger partial charge is 0.357 e. The Morgan fingerprint density at radius 2 is 1.77 bits per heavy atom. The Balaban J connectivity index is 0.00000320. The number of aryl methyl sites for hydroxylation is 1. The average Bonchev–Trinajstić information content (AvgIpc) is 3.27. The lowest BCUT2D eigenvalue weighted by Gasteiger charge is -2.34. The normalized spacial score (nSPS) is 15.6. The molecule has 1 aliphatic heterocycles. The van der Waals surface area contributed by atoms with Crippen molar-refractivity contribution >= 4 is 29.9 Å². The van der Waals surface area contributed by atoms with E-state index in [1.807, 2.05) is 23.1 Å². The monoisotopic (exact) mass is 525 g/mol. The van der Waals surface area contributed by atoms with Gasteiger partial charge in [-0.1, -0.05) is 30.3 Å². The quantitative estimate of drug-likeness (QED) is 0.216. The summed E-state index contributed by atoms with van der Waals surface area (Å²) in [6.45, 7) is 12.3. The maximum absolute atomic E-state index is 4.68. The van der Waals surface area contributed by atoms with Crippen LogP contribution in [0.2, 0.25) is 0 Å². The zero-order valence-electron chi connectivity index (χ0n) is 18.0. The van der Waals surface area contributed by atoms with Gasteiger partial charge in [0.1, 0.15) is 0 Å². The molecule has 0 radical (unpaired) electrons. The summed E-state index contributed by atoms with van der Waals surface area (Å²) in [6.07, 6.45) is 4.80. The highest BCUT2D eigenvalue weighted by Gasteiger charge is 2.16. The fourth-order valence-electron chi connectivity index (χ4n) is 3.54. The first-order valence-corrected chi connectivity index (χ1v) is 10.8. The summed E-state index contributed by atoms with van der Waals surface area (Å²) < 4.78 is 1.95. The molecule has 0 atom stereocenters. The summed E-state index contributed by atoms with van der Waals surface area (Å²) in [7, 11) is 0. The molecule has 2 aromatic rings. The topological polar surface area (TPSA) is 60.7 Å². The second-order valence-electron chi connectivity index (χ2n) is 7.41. The minimum Gasteiger partial charge on any atom is -0.357 e. The van der Waals surface area contributed by atoms with E-state index in [-0.39, 0.29) is 24.0 Å². The minimum atomic E-state index is 0. The predicted molar refractivity (Wildman–Crippen MR) is 134 cm³/mol. The van der Waals surface area contributed by atoms with Gasteiger partial charge in [0.05, 0.1) is 0 Å². The van der Waals surface area contributed by atoms with E-state index >= 15 is 0 Å². The van der Waals surface area contributed by atoms with Crippen molar-refractivity contribution in [3.05, 3.63) is 54.4 Å². The first kappa shape index (κ1) is 24.6. The van der Waals surface area contributed by atoms with Crippen LogP contribution in [0.25, 0.3) is 0 Å². The maximum atomic E-state index is 4.68. The lowest BCUT2D eigenvalue weighted by Crippen LogP contribution is -2.49. The number of aliphatic imine (C=N–C) groups is 1. The first-order valence-electron chi connectivity index (χ1n) is 10.8. The maximum Gasteiger partial charge on any atom is 0.191 e. The number of guanidine groups is 1. The third kappa shape index (κ3) is 9.01. The number of halogens is 1. The molecule has 30 heavy (non-hydrogen) atoms. The van der Waals surface area contributed by atoms with E-state index in [1.54, 1.807) is 0 Å². The smallest absolute Gasteiger partial charge is 0.191 e. The van der Waals surface area contributed by atoms with Crippen LogP contribution in [0.4, 0.5) is 0 Å². The Morgan fingerprint density at radius 1 is 1.00 bits per heavy atom. The molecule has 1 aromatic carbocycles. The summed E-state index contributed by atoms with van der Waals surface area (Å²) in [5.74, 6) is 0.913. The fraction of sp³-hybridized carbons (Fsp3) is 0.545. The second-order valence-corrected chi connectivity index (χ2v) is 7.41. The molecule has 0 aliphatic carbocycles. The van der Waals surface area contributed by atoms with Gasteiger partial charge in [-0.05, 0) is 25.0 Å². The fourth-order valence-corrected chi connectivity index (χ4v) is 3.54. The Morgan fingerprint density at radius 3 is 2.47 bits per heavy atom. The molecule has 0 saturated carbocycles. The van der Waals surface area contributed by atoms with Crippen LogP contribution < -0.4 is 10.6 Å². The Bertz CT molecular complexity index is 698. The molecular formula is C22H36IN7. The number of aromatic nitrogens is 2. The van der Waals surface area contributed by atoms with Crippen LogP contribution in [0.5, 0.6) is 0 Å². The molecule has 1 saturated heterocycles. The lowest BCUT2D eigenvalue weighted by molar-refractivity contribution is 0.129. The second kappa shape index (κ2) is 14.4. The highest BCUT2D eigenvalue weighted by atomic mass is 127. The number of piperazine rings is 1. The molecule has 166 valence electrons. The van der Waals surface area contributed by atoms with Gasteiger partial charge in [-0.15, -0.1) is 24.0 Å². The molecule has 0 spiro atoms. The predicted octanol–water partition coefficient (Wildman–Crippen LogP) is 2.26. The third-order valence-electron chi connectivity index (χ3n) is 5.15. The third-order valence-corrected chi connectivity index (χ3v) is 5.15. The number of rotatable bonds is 10. The van der Waals surface area contributed by atoms with Crippen molar-refractivity contribution in [2.24, 2.45) is 4.99 Å². The van der Waals surface area contributed by atoms with Gasteiger partial charge in [0, 0.05) is 77.8 Å². The Labute approximate surface area is 197 Å². The highest BCUT2D eigenvalue weighted by molar-refractivity contribution is 14.0.